The zero-order valence-electron chi connectivity index (χ0n) is 24.4. The van der Waals surface area contributed by atoms with Gasteiger partial charge < -0.3 is 24.2 Å². The number of aromatic nitrogens is 2. The Labute approximate surface area is 230 Å². The highest BCUT2D eigenvalue weighted by Crippen LogP contribution is 2.32. The summed E-state index contributed by atoms with van der Waals surface area (Å²) in [5.74, 6) is -0.355. The number of aryl methyl sites for hydroxylation is 1. The fourth-order valence-corrected chi connectivity index (χ4v) is 4.37. The second-order valence-electron chi connectivity index (χ2n) is 12.3. The van der Waals surface area contributed by atoms with Gasteiger partial charge in [0.15, 0.2) is 5.82 Å². The summed E-state index contributed by atoms with van der Waals surface area (Å²) in [5, 5.41) is 6.88. The Morgan fingerprint density at radius 3 is 2.33 bits per heavy atom. The smallest absolute Gasteiger partial charge is 0.329 e. The molecule has 0 aliphatic carbocycles. The van der Waals surface area contributed by atoms with E-state index in [1.165, 1.54) is 11.1 Å². The number of benzene rings is 1. The third-order valence-corrected chi connectivity index (χ3v) is 6.14. The second kappa shape index (κ2) is 12.2. The highest BCUT2D eigenvalue weighted by molar-refractivity contribution is 5.88. The highest BCUT2D eigenvalue weighted by atomic mass is 16.6. The summed E-state index contributed by atoms with van der Waals surface area (Å²) in [4.78, 5) is 45.0. The summed E-state index contributed by atoms with van der Waals surface area (Å²) in [5.41, 5.74) is 0.859. The topological polar surface area (TPSA) is 124 Å². The van der Waals surface area contributed by atoms with Crippen molar-refractivity contribution < 1.29 is 28.4 Å². The van der Waals surface area contributed by atoms with Crippen molar-refractivity contribution in [3.05, 3.63) is 47.1 Å². The first kappa shape index (κ1) is 30.1. The molecule has 1 aromatic heterocycles. The maximum Gasteiger partial charge on any atom is 0.329 e. The molecule has 10 nitrogen and oxygen atoms in total. The van der Waals surface area contributed by atoms with Crippen LogP contribution in [0.3, 0.4) is 0 Å². The molecule has 1 N–H and O–H groups in total. The molecule has 2 aromatic rings. The Kier molecular flexibility index (Phi) is 9.40. The zero-order chi connectivity index (χ0) is 29.0. The molecule has 1 saturated heterocycles. The molecule has 2 amide bonds. The van der Waals surface area contributed by atoms with E-state index in [2.05, 4.69) is 46.6 Å². The SMILES string of the molecule is Cc1ccc(C[C@H](C)c2noc([C@@H]3CCCN3C(=O)N[C@@H](CC(=O)OC(C)(C)C)C(=O)OC(C)(C)C)n2)cc1. The van der Waals surface area contributed by atoms with Crippen LogP contribution in [0.2, 0.25) is 0 Å². The van der Waals surface area contributed by atoms with Gasteiger partial charge in [-0.3, -0.25) is 4.79 Å². The lowest BCUT2D eigenvalue weighted by molar-refractivity contribution is -0.164. The van der Waals surface area contributed by atoms with Crippen LogP contribution < -0.4 is 5.32 Å². The number of hydrogen-bond donors (Lipinski definition) is 1. The van der Waals surface area contributed by atoms with Crippen molar-refractivity contribution >= 4 is 18.0 Å². The molecule has 214 valence electrons. The maximum atomic E-state index is 13.4. The van der Waals surface area contributed by atoms with Crippen LogP contribution in [0.15, 0.2) is 28.8 Å². The summed E-state index contributed by atoms with van der Waals surface area (Å²) in [6.45, 7) is 14.9. The lowest BCUT2D eigenvalue weighted by Crippen LogP contribution is -2.50. The first-order valence-corrected chi connectivity index (χ1v) is 13.5. The Balaban J connectivity index is 1.70. The lowest BCUT2D eigenvalue weighted by atomic mass is 10.00. The Morgan fingerprint density at radius 2 is 1.72 bits per heavy atom. The summed E-state index contributed by atoms with van der Waals surface area (Å²) >= 11 is 0. The van der Waals surface area contributed by atoms with E-state index in [-0.39, 0.29) is 12.3 Å². The average Bonchev–Trinajstić information content (AvgIpc) is 3.47. The number of urea groups is 1. The van der Waals surface area contributed by atoms with Gasteiger partial charge in [0.1, 0.15) is 23.3 Å². The molecule has 1 aliphatic rings. The van der Waals surface area contributed by atoms with Crippen molar-refractivity contribution in [1.29, 1.82) is 0 Å². The van der Waals surface area contributed by atoms with E-state index >= 15 is 0 Å². The fraction of sp³-hybridized carbons (Fsp3) is 0.621. The van der Waals surface area contributed by atoms with Gasteiger partial charge in [0.25, 0.3) is 0 Å². The largest absolute Gasteiger partial charge is 0.460 e. The normalized spacial score (nSPS) is 17.4. The van der Waals surface area contributed by atoms with Crippen molar-refractivity contribution in [3.63, 3.8) is 0 Å². The first-order chi connectivity index (χ1) is 18.1. The van der Waals surface area contributed by atoms with Crippen LogP contribution in [0.1, 0.15) is 103 Å². The zero-order valence-corrected chi connectivity index (χ0v) is 24.4. The minimum Gasteiger partial charge on any atom is -0.460 e. The predicted molar refractivity (Wildman–Crippen MR) is 145 cm³/mol. The number of carbonyl (C=O) groups is 3. The molecule has 1 aromatic carbocycles. The van der Waals surface area contributed by atoms with Crippen LogP contribution in [0.4, 0.5) is 4.79 Å². The number of hydrogen-bond acceptors (Lipinski definition) is 8. The van der Waals surface area contributed by atoms with Gasteiger partial charge in [-0.1, -0.05) is 41.9 Å². The van der Waals surface area contributed by atoms with E-state index in [1.807, 2.05) is 6.92 Å². The van der Waals surface area contributed by atoms with Crippen LogP contribution in [0.25, 0.3) is 0 Å². The Morgan fingerprint density at radius 1 is 1.08 bits per heavy atom. The Bertz CT molecular complexity index is 1150. The molecule has 1 fully saturated rings. The molecule has 2 heterocycles. The number of esters is 2. The van der Waals surface area contributed by atoms with Crippen LogP contribution in [0, 0.1) is 6.92 Å². The molecule has 0 radical (unpaired) electrons. The summed E-state index contributed by atoms with van der Waals surface area (Å²) in [7, 11) is 0. The van der Waals surface area contributed by atoms with Crippen molar-refractivity contribution in [2.75, 3.05) is 6.54 Å². The standard InChI is InChI=1S/C29H42N4O6/c1-18-11-13-20(14-12-18)16-19(2)24-31-25(39-32-24)22-10-9-15-33(22)27(36)30-21(26(35)38-29(6,7)8)17-23(34)37-28(3,4)5/h11-14,19,21-22H,9-10,15-17H2,1-8H3,(H,30,36)/t19-,21-,22-/m0/s1. The van der Waals surface area contributed by atoms with Gasteiger partial charge in [-0.15, -0.1) is 0 Å². The van der Waals surface area contributed by atoms with E-state index < -0.39 is 41.3 Å². The van der Waals surface area contributed by atoms with E-state index in [0.29, 0.717) is 24.7 Å². The third kappa shape index (κ3) is 9.07. The molecule has 0 spiro atoms. The monoisotopic (exact) mass is 542 g/mol. The van der Waals surface area contributed by atoms with Gasteiger partial charge in [0.05, 0.1) is 6.42 Å². The summed E-state index contributed by atoms with van der Waals surface area (Å²) < 4.78 is 16.4. The maximum absolute atomic E-state index is 13.4. The van der Waals surface area contributed by atoms with Crippen LogP contribution in [-0.4, -0.2) is 56.8 Å². The number of nitrogens with one attached hydrogen (secondary N) is 1. The number of likely N-dealkylation sites (tertiary alicyclic amines) is 1. The lowest BCUT2D eigenvalue weighted by Gasteiger charge is -2.28. The second-order valence-corrected chi connectivity index (χ2v) is 12.3. The van der Waals surface area contributed by atoms with E-state index in [9.17, 15) is 14.4 Å². The summed E-state index contributed by atoms with van der Waals surface area (Å²) in [6, 6.07) is 6.18. The number of amides is 2. The quantitative estimate of drug-likeness (QED) is 0.462. The molecule has 0 saturated carbocycles. The van der Waals surface area contributed by atoms with Gasteiger partial charge in [-0.2, -0.15) is 4.98 Å². The van der Waals surface area contributed by atoms with Gasteiger partial charge in [0.2, 0.25) is 5.89 Å². The van der Waals surface area contributed by atoms with Crippen molar-refractivity contribution in [2.45, 2.75) is 110 Å². The summed E-state index contributed by atoms with van der Waals surface area (Å²) in [6.07, 6.45) is 1.79. The van der Waals surface area contributed by atoms with E-state index in [0.717, 1.165) is 12.8 Å². The number of rotatable bonds is 8. The number of ether oxygens (including phenoxy) is 2. The number of nitrogens with zero attached hydrogens (tertiary/aromatic N) is 3. The van der Waals surface area contributed by atoms with Gasteiger partial charge in [-0.05, 0) is 73.3 Å². The average molecular weight is 543 g/mol. The van der Waals surface area contributed by atoms with Crippen LogP contribution >= 0.6 is 0 Å². The van der Waals surface area contributed by atoms with Gasteiger partial charge in [-0.25, -0.2) is 9.59 Å². The fourth-order valence-electron chi connectivity index (χ4n) is 4.37. The van der Waals surface area contributed by atoms with Gasteiger partial charge >= 0.3 is 18.0 Å². The Hall–Kier alpha value is -3.43. The van der Waals surface area contributed by atoms with E-state index in [4.69, 9.17) is 14.0 Å². The van der Waals surface area contributed by atoms with Crippen molar-refractivity contribution in [2.24, 2.45) is 0 Å². The number of carbonyl (C=O) groups excluding carboxylic acids is 3. The molecule has 1 aliphatic heterocycles. The van der Waals surface area contributed by atoms with Crippen molar-refractivity contribution in [1.82, 2.24) is 20.4 Å². The first-order valence-electron chi connectivity index (χ1n) is 13.5. The molecule has 0 unspecified atom stereocenters. The molecule has 3 atom stereocenters. The minimum absolute atomic E-state index is 0.0271. The van der Waals surface area contributed by atoms with E-state index in [1.54, 1.807) is 46.4 Å². The molecular weight excluding hydrogens is 500 g/mol. The van der Waals surface area contributed by atoms with Crippen molar-refractivity contribution in [3.8, 4) is 0 Å². The highest BCUT2D eigenvalue weighted by Gasteiger charge is 2.38. The van der Waals surface area contributed by atoms with Crippen LogP contribution in [-0.2, 0) is 25.5 Å². The molecular formula is C29H42N4O6. The molecule has 3 rings (SSSR count). The predicted octanol–water partition coefficient (Wildman–Crippen LogP) is 5.01. The molecule has 10 heteroatoms. The van der Waals surface area contributed by atoms with Gasteiger partial charge in [0, 0.05) is 12.5 Å². The third-order valence-electron chi connectivity index (χ3n) is 6.14. The molecule has 39 heavy (non-hydrogen) atoms. The molecule has 0 bridgehead atoms. The minimum atomic E-state index is -1.21. The van der Waals surface area contributed by atoms with Crippen LogP contribution in [0.5, 0.6) is 0 Å².